The Kier molecular flexibility index (Phi) is 10.0. The van der Waals surface area contributed by atoms with Crippen LogP contribution >= 0.6 is 0 Å². The molecule has 3 atom stereocenters. The largest absolute Gasteiger partial charge is 0.481 e. The van der Waals surface area contributed by atoms with Crippen molar-refractivity contribution >= 4 is 35.6 Å². The predicted molar refractivity (Wildman–Crippen MR) is 88.8 cm³/mol. The summed E-state index contributed by atoms with van der Waals surface area (Å²) in [7, 11) is 0. The van der Waals surface area contributed by atoms with Gasteiger partial charge in [0.05, 0.1) is 19.0 Å². The number of hydrogen-bond donors (Lipinski definition) is 7. The third-order valence-corrected chi connectivity index (χ3v) is 3.16. The summed E-state index contributed by atoms with van der Waals surface area (Å²) < 4.78 is 0. The van der Waals surface area contributed by atoms with Crippen LogP contribution in [0, 0.1) is 0 Å². The molecule has 0 saturated carbocycles. The molecule has 0 aliphatic rings. The second kappa shape index (κ2) is 11.4. The molecule has 152 valence electrons. The van der Waals surface area contributed by atoms with Gasteiger partial charge in [0, 0.05) is 6.42 Å². The van der Waals surface area contributed by atoms with Gasteiger partial charge >= 0.3 is 11.9 Å². The van der Waals surface area contributed by atoms with Gasteiger partial charge in [0.25, 0.3) is 0 Å². The molecule has 0 aliphatic heterocycles. The zero-order chi connectivity index (χ0) is 21.1. The van der Waals surface area contributed by atoms with Gasteiger partial charge in [-0.3, -0.25) is 24.0 Å². The summed E-state index contributed by atoms with van der Waals surface area (Å²) in [6.07, 6.45) is -1.26. The number of amides is 4. The molecule has 27 heavy (non-hydrogen) atoms. The summed E-state index contributed by atoms with van der Waals surface area (Å²) in [5.74, 6) is -6.15. The van der Waals surface area contributed by atoms with E-state index in [-0.39, 0.29) is 12.8 Å². The Hall–Kier alpha value is -3.22. The number of carboxylic acid groups (broad SMARTS) is 2. The molecule has 9 N–H and O–H groups in total. The molecule has 13 heteroatoms. The second-order valence-corrected chi connectivity index (χ2v) is 5.63. The Balaban J connectivity index is 4.73. The summed E-state index contributed by atoms with van der Waals surface area (Å²) in [6.45, 7) is 0.653. The lowest BCUT2D eigenvalue weighted by Gasteiger charge is -2.18. The SMILES string of the molecule is CC(N)C(=O)NC(CC(=O)O)C(=O)NCC(=O)NC(CCC(N)=O)C(=O)O. The van der Waals surface area contributed by atoms with Gasteiger partial charge in [-0.05, 0) is 13.3 Å². The van der Waals surface area contributed by atoms with Gasteiger partial charge in [0.2, 0.25) is 23.6 Å². The summed E-state index contributed by atoms with van der Waals surface area (Å²) in [5.41, 5.74) is 10.2. The van der Waals surface area contributed by atoms with Crippen LogP contribution in [0.5, 0.6) is 0 Å². The molecule has 0 aromatic rings. The molecule has 0 fully saturated rings. The van der Waals surface area contributed by atoms with Crippen LogP contribution in [0.25, 0.3) is 0 Å². The smallest absolute Gasteiger partial charge is 0.326 e. The molecule has 0 aromatic carbocycles. The highest BCUT2D eigenvalue weighted by Crippen LogP contribution is 1.98. The average molecular weight is 389 g/mol. The van der Waals surface area contributed by atoms with Gasteiger partial charge < -0.3 is 37.6 Å². The van der Waals surface area contributed by atoms with E-state index >= 15 is 0 Å². The van der Waals surface area contributed by atoms with Crippen molar-refractivity contribution in [2.45, 2.75) is 44.3 Å². The first kappa shape index (κ1) is 23.8. The number of rotatable bonds is 12. The molecule has 13 nitrogen and oxygen atoms in total. The lowest BCUT2D eigenvalue weighted by Crippen LogP contribution is -2.53. The molecule has 0 aliphatic carbocycles. The summed E-state index contributed by atoms with van der Waals surface area (Å²) in [4.78, 5) is 67.8. The fourth-order valence-electron chi connectivity index (χ4n) is 1.77. The lowest BCUT2D eigenvalue weighted by atomic mass is 10.1. The van der Waals surface area contributed by atoms with Crippen molar-refractivity contribution in [1.29, 1.82) is 0 Å². The van der Waals surface area contributed by atoms with Gasteiger partial charge in [0.15, 0.2) is 0 Å². The van der Waals surface area contributed by atoms with E-state index in [2.05, 4.69) is 16.0 Å². The number of primary amides is 1. The number of carboxylic acids is 2. The van der Waals surface area contributed by atoms with Crippen molar-refractivity contribution in [3.63, 3.8) is 0 Å². The number of nitrogens with one attached hydrogen (secondary N) is 3. The van der Waals surface area contributed by atoms with Gasteiger partial charge in [-0.25, -0.2) is 4.79 Å². The van der Waals surface area contributed by atoms with E-state index in [1.165, 1.54) is 6.92 Å². The van der Waals surface area contributed by atoms with Crippen LogP contribution in [0.3, 0.4) is 0 Å². The van der Waals surface area contributed by atoms with Crippen LogP contribution in [0.15, 0.2) is 0 Å². The van der Waals surface area contributed by atoms with Crippen molar-refractivity contribution in [3.05, 3.63) is 0 Å². The van der Waals surface area contributed by atoms with Crippen molar-refractivity contribution in [3.8, 4) is 0 Å². The molecule has 0 bridgehead atoms. The van der Waals surface area contributed by atoms with E-state index in [1.807, 2.05) is 0 Å². The van der Waals surface area contributed by atoms with Gasteiger partial charge in [-0.15, -0.1) is 0 Å². The highest BCUT2D eigenvalue weighted by Gasteiger charge is 2.26. The quantitative estimate of drug-likeness (QED) is 0.173. The number of hydrogen-bond acceptors (Lipinski definition) is 7. The molecule has 0 radical (unpaired) electrons. The number of nitrogens with two attached hydrogens (primary N) is 2. The van der Waals surface area contributed by atoms with Crippen LogP contribution in [-0.4, -0.2) is 70.5 Å². The topological polar surface area (TPSA) is 231 Å². The van der Waals surface area contributed by atoms with E-state index in [4.69, 9.17) is 21.7 Å². The van der Waals surface area contributed by atoms with Crippen LogP contribution in [-0.2, 0) is 28.8 Å². The van der Waals surface area contributed by atoms with E-state index in [0.717, 1.165) is 0 Å². The van der Waals surface area contributed by atoms with Crippen LogP contribution in [0.1, 0.15) is 26.2 Å². The molecular weight excluding hydrogens is 366 g/mol. The van der Waals surface area contributed by atoms with Gasteiger partial charge in [-0.1, -0.05) is 0 Å². The Morgan fingerprint density at radius 3 is 2.00 bits per heavy atom. The minimum absolute atomic E-state index is 0.240. The second-order valence-electron chi connectivity index (χ2n) is 5.63. The van der Waals surface area contributed by atoms with Crippen molar-refractivity contribution < 1.29 is 39.0 Å². The van der Waals surface area contributed by atoms with Crippen LogP contribution < -0.4 is 27.4 Å². The normalized spacial score (nSPS) is 13.6. The predicted octanol–water partition coefficient (Wildman–Crippen LogP) is -3.76. The maximum Gasteiger partial charge on any atom is 0.326 e. The Bertz CT molecular complexity index is 606. The molecule has 3 unspecified atom stereocenters. The monoisotopic (exact) mass is 389 g/mol. The summed E-state index contributed by atoms with van der Waals surface area (Å²) in [6, 6.07) is -3.85. The highest BCUT2D eigenvalue weighted by molar-refractivity contribution is 5.94. The molecular formula is C14H23N5O8. The first-order valence-corrected chi connectivity index (χ1v) is 7.80. The first-order valence-electron chi connectivity index (χ1n) is 7.80. The molecule has 0 aromatic heterocycles. The Labute approximate surface area is 153 Å². The standard InChI is InChI=1S/C14H23N5O8/c1-6(15)12(24)19-8(4-11(22)23)13(25)17-5-10(21)18-7(14(26)27)2-3-9(16)20/h6-8H,2-5,15H2,1H3,(H2,16,20)(H,17,25)(H,18,21)(H,19,24)(H,22,23)(H,26,27). The van der Waals surface area contributed by atoms with Crippen molar-refractivity contribution in [1.82, 2.24) is 16.0 Å². The third kappa shape index (κ3) is 10.4. The highest BCUT2D eigenvalue weighted by atomic mass is 16.4. The van der Waals surface area contributed by atoms with E-state index < -0.39 is 66.7 Å². The maximum atomic E-state index is 12.0. The average Bonchev–Trinajstić information content (AvgIpc) is 2.54. The fraction of sp³-hybridized carbons (Fsp3) is 0.571. The first-order chi connectivity index (χ1) is 12.4. The lowest BCUT2D eigenvalue weighted by molar-refractivity contribution is -0.142. The fourth-order valence-corrected chi connectivity index (χ4v) is 1.77. The summed E-state index contributed by atoms with van der Waals surface area (Å²) >= 11 is 0. The minimum atomic E-state index is -1.47. The summed E-state index contributed by atoms with van der Waals surface area (Å²) in [5, 5.41) is 24.1. The molecule has 0 rings (SSSR count). The maximum absolute atomic E-state index is 12.0. The van der Waals surface area contributed by atoms with E-state index in [1.54, 1.807) is 0 Å². The van der Waals surface area contributed by atoms with Crippen LogP contribution in [0.2, 0.25) is 0 Å². The molecule has 0 heterocycles. The Morgan fingerprint density at radius 1 is 0.963 bits per heavy atom. The Morgan fingerprint density at radius 2 is 1.56 bits per heavy atom. The molecule has 4 amide bonds. The van der Waals surface area contributed by atoms with Crippen LogP contribution in [0.4, 0.5) is 0 Å². The number of carbonyl (C=O) groups excluding carboxylic acids is 4. The van der Waals surface area contributed by atoms with Crippen molar-refractivity contribution in [2.24, 2.45) is 11.5 Å². The van der Waals surface area contributed by atoms with Gasteiger partial charge in [0.1, 0.15) is 12.1 Å². The van der Waals surface area contributed by atoms with E-state index in [0.29, 0.717) is 0 Å². The zero-order valence-corrected chi connectivity index (χ0v) is 14.6. The number of aliphatic carboxylic acids is 2. The van der Waals surface area contributed by atoms with E-state index in [9.17, 15) is 28.8 Å². The van der Waals surface area contributed by atoms with Crippen molar-refractivity contribution in [2.75, 3.05) is 6.54 Å². The third-order valence-electron chi connectivity index (χ3n) is 3.16. The minimum Gasteiger partial charge on any atom is -0.481 e. The number of carbonyl (C=O) groups is 6. The molecule has 0 spiro atoms. The molecule has 0 saturated heterocycles. The zero-order valence-electron chi connectivity index (χ0n) is 14.6. The van der Waals surface area contributed by atoms with Gasteiger partial charge in [-0.2, -0.15) is 0 Å².